The largest absolute Gasteiger partial charge is 0.240 e. The summed E-state index contributed by atoms with van der Waals surface area (Å²) in [5.74, 6) is 0.183. The van der Waals surface area contributed by atoms with Crippen LogP contribution in [0.3, 0.4) is 0 Å². The molecule has 118 valence electrons. The summed E-state index contributed by atoms with van der Waals surface area (Å²) >= 11 is 0. The van der Waals surface area contributed by atoms with E-state index in [0.29, 0.717) is 11.4 Å². The first-order valence-electron chi connectivity index (χ1n) is 7.56. The monoisotopic (exact) mass is 317 g/mol. The Bertz CT molecular complexity index is 724. The van der Waals surface area contributed by atoms with Crippen LogP contribution in [0, 0.1) is 13.8 Å². The summed E-state index contributed by atoms with van der Waals surface area (Å²) < 4.78 is 27.6. The van der Waals surface area contributed by atoms with Gasteiger partial charge in [0.05, 0.1) is 4.90 Å². The van der Waals surface area contributed by atoms with Gasteiger partial charge in [0.15, 0.2) is 0 Å². The van der Waals surface area contributed by atoms with E-state index in [9.17, 15) is 8.42 Å². The average Bonchev–Trinajstić information content (AvgIpc) is 2.51. The lowest BCUT2D eigenvalue weighted by molar-refractivity contribution is 0.566. The first-order chi connectivity index (χ1) is 10.4. The number of nitrogens with one attached hydrogen (secondary N) is 1. The van der Waals surface area contributed by atoms with Crippen molar-refractivity contribution in [3.63, 3.8) is 0 Å². The number of rotatable bonds is 6. The molecule has 22 heavy (non-hydrogen) atoms. The lowest BCUT2D eigenvalue weighted by atomic mass is 9.97. The zero-order chi connectivity index (χ0) is 16.2. The smallest absolute Gasteiger partial charge is 0.211 e. The molecule has 2 rings (SSSR count). The van der Waals surface area contributed by atoms with E-state index in [4.69, 9.17) is 0 Å². The normalized spacial score (nSPS) is 13.0. The quantitative estimate of drug-likeness (QED) is 0.881. The average molecular weight is 317 g/mol. The Labute approximate surface area is 133 Å². The Hall–Kier alpha value is -1.65. The third-order valence-corrected chi connectivity index (χ3v) is 5.49. The van der Waals surface area contributed by atoms with Gasteiger partial charge in [-0.3, -0.25) is 0 Å². The molecule has 0 saturated carbocycles. The molecule has 0 amide bonds. The summed E-state index contributed by atoms with van der Waals surface area (Å²) in [7, 11) is -3.46. The Morgan fingerprint density at radius 3 is 2.27 bits per heavy atom. The number of hydrogen-bond acceptors (Lipinski definition) is 2. The van der Waals surface area contributed by atoms with Crippen molar-refractivity contribution in [1.82, 2.24) is 4.72 Å². The van der Waals surface area contributed by atoms with E-state index in [2.05, 4.69) is 11.6 Å². The molecule has 0 aliphatic carbocycles. The first-order valence-corrected chi connectivity index (χ1v) is 9.04. The Balaban J connectivity index is 2.13. The van der Waals surface area contributed by atoms with E-state index < -0.39 is 10.0 Å². The molecule has 0 aromatic heterocycles. The van der Waals surface area contributed by atoms with E-state index in [0.717, 1.165) is 23.1 Å². The van der Waals surface area contributed by atoms with Gasteiger partial charge in [0.1, 0.15) is 0 Å². The summed E-state index contributed by atoms with van der Waals surface area (Å²) in [6.07, 6.45) is 0.888. The van der Waals surface area contributed by atoms with Crippen molar-refractivity contribution in [2.45, 2.75) is 38.0 Å². The van der Waals surface area contributed by atoms with Gasteiger partial charge >= 0.3 is 0 Å². The molecule has 3 nitrogen and oxygen atoms in total. The molecule has 4 heteroatoms. The number of aryl methyl sites for hydroxylation is 2. The fraction of sp³-hybridized carbons (Fsp3) is 0.333. The van der Waals surface area contributed by atoms with Crippen molar-refractivity contribution in [3.05, 3.63) is 65.2 Å². The van der Waals surface area contributed by atoms with Crippen LogP contribution in [0.1, 0.15) is 36.0 Å². The van der Waals surface area contributed by atoms with Crippen LogP contribution < -0.4 is 4.72 Å². The van der Waals surface area contributed by atoms with Crippen molar-refractivity contribution in [2.75, 3.05) is 6.54 Å². The predicted molar refractivity (Wildman–Crippen MR) is 90.6 cm³/mol. The molecule has 2 aromatic rings. The van der Waals surface area contributed by atoms with Crippen LogP contribution in [0.15, 0.2) is 53.4 Å². The second kappa shape index (κ2) is 7.07. The molecule has 0 aliphatic heterocycles. The van der Waals surface area contributed by atoms with Gasteiger partial charge in [0, 0.05) is 6.54 Å². The highest BCUT2D eigenvalue weighted by molar-refractivity contribution is 7.89. The minimum Gasteiger partial charge on any atom is -0.211 e. The van der Waals surface area contributed by atoms with Gasteiger partial charge in [0.2, 0.25) is 10.0 Å². The van der Waals surface area contributed by atoms with E-state index >= 15 is 0 Å². The molecule has 0 radical (unpaired) electrons. The SMILES string of the molecule is CCC(CNS(=O)(=O)c1ccc(C)c(C)c1)c1ccccc1. The topological polar surface area (TPSA) is 46.2 Å². The number of sulfonamides is 1. The van der Waals surface area contributed by atoms with Gasteiger partial charge in [-0.15, -0.1) is 0 Å². The molecule has 0 bridgehead atoms. The van der Waals surface area contributed by atoms with E-state index in [1.54, 1.807) is 12.1 Å². The zero-order valence-corrected chi connectivity index (χ0v) is 14.2. The summed E-state index contributed by atoms with van der Waals surface area (Å²) in [6.45, 7) is 6.38. The van der Waals surface area contributed by atoms with Gasteiger partial charge in [0.25, 0.3) is 0 Å². The molecule has 1 unspecified atom stereocenters. The zero-order valence-electron chi connectivity index (χ0n) is 13.3. The third kappa shape index (κ3) is 3.96. The third-order valence-electron chi connectivity index (χ3n) is 4.07. The molecule has 1 atom stereocenters. The van der Waals surface area contributed by atoms with Gasteiger partial charge in [-0.05, 0) is 55.0 Å². The fourth-order valence-corrected chi connectivity index (χ4v) is 3.56. The van der Waals surface area contributed by atoms with Crippen molar-refractivity contribution in [3.8, 4) is 0 Å². The molecule has 0 spiro atoms. The standard InChI is InChI=1S/C18H23NO2S/c1-4-16(17-8-6-5-7-9-17)13-19-22(20,21)18-11-10-14(2)15(3)12-18/h5-12,16,19H,4,13H2,1-3H3. The second-order valence-corrected chi connectivity index (χ2v) is 7.38. The van der Waals surface area contributed by atoms with Crippen LogP contribution >= 0.6 is 0 Å². The molecule has 0 saturated heterocycles. The molecule has 0 heterocycles. The maximum Gasteiger partial charge on any atom is 0.240 e. The van der Waals surface area contributed by atoms with Crippen molar-refractivity contribution >= 4 is 10.0 Å². The fourth-order valence-electron chi connectivity index (χ4n) is 2.40. The summed E-state index contributed by atoms with van der Waals surface area (Å²) in [5, 5.41) is 0. The molecular formula is C18H23NO2S. The highest BCUT2D eigenvalue weighted by Crippen LogP contribution is 2.20. The molecule has 2 aromatic carbocycles. The maximum atomic E-state index is 12.4. The minimum atomic E-state index is -3.46. The van der Waals surface area contributed by atoms with Crippen LogP contribution in [0.4, 0.5) is 0 Å². The van der Waals surface area contributed by atoms with Crippen LogP contribution in [0.25, 0.3) is 0 Å². The van der Waals surface area contributed by atoms with E-state index in [-0.39, 0.29) is 5.92 Å². The van der Waals surface area contributed by atoms with Gasteiger partial charge in [-0.2, -0.15) is 0 Å². The van der Waals surface area contributed by atoms with Gasteiger partial charge in [-0.25, -0.2) is 13.1 Å². The van der Waals surface area contributed by atoms with Crippen LogP contribution in [-0.4, -0.2) is 15.0 Å². The number of hydrogen-bond donors (Lipinski definition) is 1. The molecule has 0 fully saturated rings. The van der Waals surface area contributed by atoms with Crippen LogP contribution in [0.5, 0.6) is 0 Å². The maximum absolute atomic E-state index is 12.4. The molecule has 1 N–H and O–H groups in total. The van der Waals surface area contributed by atoms with Crippen molar-refractivity contribution < 1.29 is 8.42 Å². The van der Waals surface area contributed by atoms with E-state index in [1.165, 1.54) is 0 Å². The van der Waals surface area contributed by atoms with Gasteiger partial charge < -0.3 is 0 Å². The summed E-state index contributed by atoms with van der Waals surface area (Å²) in [5.41, 5.74) is 3.24. The molecule has 0 aliphatic rings. The van der Waals surface area contributed by atoms with Crippen LogP contribution in [0.2, 0.25) is 0 Å². The van der Waals surface area contributed by atoms with Crippen LogP contribution in [-0.2, 0) is 10.0 Å². The number of benzene rings is 2. The lowest BCUT2D eigenvalue weighted by Crippen LogP contribution is -2.28. The molecular weight excluding hydrogens is 294 g/mol. The van der Waals surface area contributed by atoms with Crippen molar-refractivity contribution in [1.29, 1.82) is 0 Å². The van der Waals surface area contributed by atoms with E-state index in [1.807, 2.05) is 50.2 Å². The van der Waals surface area contributed by atoms with Gasteiger partial charge in [-0.1, -0.05) is 43.3 Å². The lowest BCUT2D eigenvalue weighted by Gasteiger charge is -2.16. The summed E-state index contributed by atoms with van der Waals surface area (Å²) in [4.78, 5) is 0.332. The predicted octanol–water partition coefficient (Wildman–Crippen LogP) is 3.78. The highest BCUT2D eigenvalue weighted by Gasteiger charge is 2.17. The highest BCUT2D eigenvalue weighted by atomic mass is 32.2. The van der Waals surface area contributed by atoms with Crippen molar-refractivity contribution in [2.24, 2.45) is 0 Å². The Morgan fingerprint density at radius 1 is 1.00 bits per heavy atom. The minimum absolute atomic E-state index is 0.183. The summed E-state index contributed by atoms with van der Waals surface area (Å²) in [6, 6.07) is 15.2. The first kappa shape index (κ1) is 16.7. The Kier molecular flexibility index (Phi) is 5.37. The second-order valence-electron chi connectivity index (χ2n) is 5.61. The Morgan fingerprint density at radius 2 is 1.68 bits per heavy atom.